The number of halogens is 1. The van der Waals surface area contributed by atoms with Gasteiger partial charge >= 0.3 is 0 Å². The van der Waals surface area contributed by atoms with Crippen LogP contribution in [-0.4, -0.2) is 15.4 Å². The van der Waals surface area contributed by atoms with Crippen molar-refractivity contribution in [3.8, 4) is 23.1 Å². The first-order valence-electron chi connectivity index (χ1n) is 11.7. The van der Waals surface area contributed by atoms with E-state index in [0.29, 0.717) is 16.4 Å². The van der Waals surface area contributed by atoms with Crippen molar-refractivity contribution in [3.63, 3.8) is 0 Å². The number of amides is 1. The number of carbonyl (C=O) groups excluding carboxylic acids is 1. The topological polar surface area (TPSA) is 131 Å². The van der Waals surface area contributed by atoms with Crippen molar-refractivity contribution in [3.05, 3.63) is 131 Å². The number of benzene rings is 3. The van der Waals surface area contributed by atoms with Crippen LogP contribution in [-0.2, 0) is 4.79 Å². The molecule has 5 aromatic rings. The van der Waals surface area contributed by atoms with E-state index >= 15 is 0 Å². The Kier molecular flexibility index (Phi) is 7.41. The van der Waals surface area contributed by atoms with Gasteiger partial charge in [-0.25, -0.2) is 0 Å². The lowest BCUT2D eigenvalue weighted by Gasteiger charge is -2.07. The normalized spacial score (nSPS) is 12.1. The van der Waals surface area contributed by atoms with Crippen LogP contribution in [0, 0.1) is 21.4 Å². The molecule has 0 saturated carbocycles. The number of nitro groups is 1. The highest BCUT2D eigenvalue weighted by atomic mass is 35.5. The molecule has 0 saturated heterocycles. The van der Waals surface area contributed by atoms with Crippen LogP contribution in [0.3, 0.4) is 0 Å². The molecule has 0 atom stereocenters. The predicted octanol–water partition coefficient (Wildman–Crippen LogP) is 4.86. The van der Waals surface area contributed by atoms with Gasteiger partial charge in [-0.05, 0) is 42.5 Å². The van der Waals surface area contributed by atoms with E-state index in [9.17, 15) is 25.0 Å². The first-order chi connectivity index (χ1) is 19.4. The summed E-state index contributed by atoms with van der Waals surface area (Å²) in [6.07, 6.45) is 1.47. The molecule has 0 bridgehead atoms. The number of thiazole rings is 1. The summed E-state index contributed by atoms with van der Waals surface area (Å²) < 4.78 is 7.41. The van der Waals surface area contributed by atoms with Crippen LogP contribution < -0.4 is 20.1 Å². The van der Waals surface area contributed by atoms with E-state index in [2.05, 4.69) is 5.32 Å². The molecule has 11 heteroatoms. The maximum atomic E-state index is 13.6. The lowest BCUT2D eigenvalue weighted by atomic mass is 10.1. The summed E-state index contributed by atoms with van der Waals surface area (Å²) in [4.78, 5) is 37.7. The molecular weight excluding hydrogens is 552 g/mol. The minimum absolute atomic E-state index is 0.111. The number of nitrogens with one attached hydrogen (secondary N) is 1. The Balaban J connectivity index is 1.67. The number of nitro benzene ring substituents is 1. The molecule has 0 aliphatic carbocycles. The third-order valence-corrected chi connectivity index (χ3v) is 7.20. The minimum Gasteiger partial charge on any atom is -0.456 e. The molecule has 2 heterocycles. The van der Waals surface area contributed by atoms with Gasteiger partial charge in [-0.3, -0.25) is 24.3 Å². The fraction of sp³-hybridized carbons (Fsp3) is 0. The second-order valence-electron chi connectivity index (χ2n) is 8.29. The molecule has 0 radical (unpaired) electrons. The van der Waals surface area contributed by atoms with Crippen LogP contribution in [0.2, 0.25) is 5.02 Å². The van der Waals surface area contributed by atoms with Crippen molar-refractivity contribution >= 4 is 51.9 Å². The van der Waals surface area contributed by atoms with Crippen LogP contribution in [0.15, 0.2) is 100 Å². The lowest BCUT2D eigenvalue weighted by molar-refractivity contribution is -0.384. The summed E-state index contributed by atoms with van der Waals surface area (Å²) in [6.45, 7) is 0. The summed E-state index contributed by atoms with van der Waals surface area (Å²) in [5.41, 5.74) is 0.176. The second kappa shape index (κ2) is 11.2. The van der Waals surface area contributed by atoms with Crippen LogP contribution in [0.5, 0.6) is 0 Å². The van der Waals surface area contributed by atoms with Crippen molar-refractivity contribution < 1.29 is 14.1 Å². The van der Waals surface area contributed by atoms with E-state index in [1.807, 2.05) is 6.07 Å². The maximum absolute atomic E-state index is 13.6. The van der Waals surface area contributed by atoms with Crippen molar-refractivity contribution in [1.29, 1.82) is 5.26 Å². The number of anilines is 1. The van der Waals surface area contributed by atoms with Crippen molar-refractivity contribution in [1.82, 2.24) is 4.57 Å². The number of para-hydroxylation sites is 3. The first kappa shape index (κ1) is 26.4. The predicted molar refractivity (Wildman–Crippen MR) is 153 cm³/mol. The molecule has 0 fully saturated rings. The quantitative estimate of drug-likeness (QED) is 0.230. The van der Waals surface area contributed by atoms with Gasteiger partial charge in [0, 0.05) is 12.1 Å². The number of carbonyl (C=O) groups is 1. The van der Waals surface area contributed by atoms with Crippen molar-refractivity contribution in [2.24, 2.45) is 0 Å². The molecule has 1 amide bonds. The number of furan rings is 1. The summed E-state index contributed by atoms with van der Waals surface area (Å²) in [5, 5.41) is 24.3. The Labute approximate surface area is 235 Å². The summed E-state index contributed by atoms with van der Waals surface area (Å²) in [5.74, 6) is -0.218. The van der Waals surface area contributed by atoms with E-state index in [1.54, 1.807) is 84.9 Å². The molecule has 0 unspecified atom stereocenters. The van der Waals surface area contributed by atoms with E-state index < -0.39 is 16.4 Å². The van der Waals surface area contributed by atoms with Crippen molar-refractivity contribution in [2.75, 3.05) is 5.32 Å². The van der Waals surface area contributed by atoms with E-state index in [4.69, 9.17) is 16.0 Å². The number of nitrogens with zero attached hydrogens (tertiary/aromatic N) is 3. The largest absolute Gasteiger partial charge is 0.456 e. The Morgan fingerprint density at radius 3 is 2.45 bits per heavy atom. The van der Waals surface area contributed by atoms with Gasteiger partial charge in [0.1, 0.15) is 22.3 Å². The van der Waals surface area contributed by atoms with Gasteiger partial charge in [0.25, 0.3) is 17.2 Å². The average Bonchev–Trinajstić information content (AvgIpc) is 3.55. The van der Waals surface area contributed by atoms with Gasteiger partial charge in [-0.15, -0.1) is 11.3 Å². The summed E-state index contributed by atoms with van der Waals surface area (Å²) >= 11 is 7.11. The third kappa shape index (κ3) is 5.19. The molecule has 40 heavy (non-hydrogen) atoms. The number of aromatic nitrogens is 1. The van der Waals surface area contributed by atoms with Gasteiger partial charge < -0.3 is 9.73 Å². The molecule has 9 nitrogen and oxygen atoms in total. The van der Waals surface area contributed by atoms with E-state index in [-0.39, 0.29) is 37.5 Å². The monoisotopic (exact) mass is 568 g/mol. The van der Waals surface area contributed by atoms with Crippen molar-refractivity contribution in [2.45, 2.75) is 0 Å². The van der Waals surface area contributed by atoms with Crippen LogP contribution in [0.4, 0.5) is 11.4 Å². The number of rotatable bonds is 6. The molecule has 0 aliphatic rings. The highest BCUT2D eigenvalue weighted by molar-refractivity contribution is 7.07. The molecule has 1 N–H and O–H groups in total. The Hall–Kier alpha value is -5.24. The fourth-order valence-electron chi connectivity index (χ4n) is 3.95. The number of hydrogen-bond donors (Lipinski definition) is 1. The average molecular weight is 569 g/mol. The number of hydrogen-bond acceptors (Lipinski definition) is 7. The minimum atomic E-state index is -0.732. The summed E-state index contributed by atoms with van der Waals surface area (Å²) in [7, 11) is 0. The first-order valence-corrected chi connectivity index (χ1v) is 12.9. The van der Waals surface area contributed by atoms with Crippen LogP contribution >= 0.6 is 22.9 Å². The molecule has 0 spiro atoms. The van der Waals surface area contributed by atoms with E-state index in [1.165, 1.54) is 16.7 Å². The molecule has 5 rings (SSSR count). The third-order valence-electron chi connectivity index (χ3n) is 5.78. The fourth-order valence-corrected chi connectivity index (χ4v) is 5.22. The van der Waals surface area contributed by atoms with Gasteiger partial charge in [0.15, 0.2) is 5.57 Å². The van der Waals surface area contributed by atoms with Gasteiger partial charge in [0.2, 0.25) is 0 Å². The molecule has 2 aromatic heterocycles. The Bertz CT molecular complexity index is 1990. The van der Waals surface area contributed by atoms with E-state index in [0.717, 1.165) is 11.3 Å². The van der Waals surface area contributed by atoms with Gasteiger partial charge in [0.05, 0.1) is 31.4 Å². The lowest BCUT2D eigenvalue weighted by Crippen LogP contribution is -2.32. The van der Waals surface area contributed by atoms with Crippen LogP contribution in [0.25, 0.3) is 28.7 Å². The van der Waals surface area contributed by atoms with Gasteiger partial charge in [-0.2, -0.15) is 5.26 Å². The van der Waals surface area contributed by atoms with Gasteiger partial charge in [-0.1, -0.05) is 54.1 Å². The zero-order valence-corrected chi connectivity index (χ0v) is 22.0. The van der Waals surface area contributed by atoms with Crippen LogP contribution in [0.1, 0.15) is 5.76 Å². The molecule has 3 aromatic carbocycles. The standard InChI is InChI=1S/C29H17ClN4O5S/c30-22-11-5-6-12-23(22)32-27(35)21(17-31)29-33(18-8-2-1-3-9-18)28(36)26(40-29)16-19-14-15-25(39-19)20-10-4-7-13-24(20)34(37)38/h1-16H,(H,32,35)/b26-16+,29-21+. The number of nitriles is 1. The smallest absolute Gasteiger partial charge is 0.280 e. The highest BCUT2D eigenvalue weighted by Crippen LogP contribution is 2.31. The summed E-state index contributed by atoms with van der Waals surface area (Å²) in [6, 6.07) is 26.4. The molecule has 196 valence electrons. The Morgan fingerprint density at radius 1 is 1.02 bits per heavy atom. The zero-order chi connectivity index (χ0) is 28.2. The Morgan fingerprint density at radius 2 is 1.73 bits per heavy atom. The maximum Gasteiger partial charge on any atom is 0.280 e. The zero-order valence-electron chi connectivity index (χ0n) is 20.4. The SMILES string of the molecule is N#C/C(C(=O)Nc1ccccc1Cl)=c1\s/c(=C/c2ccc(-c3ccccc3[N+](=O)[O-])o2)c(=O)n1-c1ccccc1. The molecular formula is C29H17ClN4O5S. The second-order valence-corrected chi connectivity index (χ2v) is 9.73. The highest BCUT2D eigenvalue weighted by Gasteiger charge is 2.19. The molecule has 0 aliphatic heterocycles.